The number of amides is 2. The normalized spacial score (nSPS) is 15.2. The molecule has 0 spiro atoms. The fraction of sp³-hybridized carbons (Fsp3) is 0.611. The summed E-state index contributed by atoms with van der Waals surface area (Å²) in [5.74, 6) is 0.444. The molecule has 1 aromatic rings. The number of hydrogen-bond acceptors (Lipinski definition) is 5. The fourth-order valence-corrected chi connectivity index (χ4v) is 2.49. The van der Waals surface area contributed by atoms with Crippen molar-refractivity contribution in [2.75, 3.05) is 39.4 Å². The van der Waals surface area contributed by atoms with E-state index in [2.05, 4.69) is 4.98 Å². The standard InChI is InChI=1S/C18H27N3O4/c1-14(22)20-7-9-21(10-8-20)17(23)15-5-6-16(19-13-15)24-11-12-25-18(2,3)4/h5-6,13H,7-12H2,1-4H3. The summed E-state index contributed by atoms with van der Waals surface area (Å²) in [6.45, 7) is 10.6. The summed E-state index contributed by atoms with van der Waals surface area (Å²) >= 11 is 0. The molecule has 2 amide bonds. The van der Waals surface area contributed by atoms with Crippen molar-refractivity contribution in [3.05, 3.63) is 23.9 Å². The van der Waals surface area contributed by atoms with E-state index < -0.39 is 0 Å². The number of carbonyl (C=O) groups excluding carboxylic acids is 2. The van der Waals surface area contributed by atoms with Crippen LogP contribution in [0.3, 0.4) is 0 Å². The van der Waals surface area contributed by atoms with Crippen molar-refractivity contribution >= 4 is 11.8 Å². The van der Waals surface area contributed by atoms with Crippen molar-refractivity contribution in [2.24, 2.45) is 0 Å². The highest BCUT2D eigenvalue weighted by Gasteiger charge is 2.23. The molecule has 7 heteroatoms. The van der Waals surface area contributed by atoms with Crippen molar-refractivity contribution in [3.8, 4) is 5.88 Å². The number of rotatable bonds is 5. The minimum absolute atomic E-state index is 0.0470. The predicted molar refractivity (Wildman–Crippen MR) is 93.6 cm³/mol. The Balaban J connectivity index is 1.81. The van der Waals surface area contributed by atoms with Gasteiger partial charge >= 0.3 is 0 Å². The van der Waals surface area contributed by atoms with E-state index in [1.165, 1.54) is 6.20 Å². The lowest BCUT2D eigenvalue weighted by Gasteiger charge is -2.34. The number of pyridine rings is 1. The number of ether oxygens (including phenoxy) is 2. The van der Waals surface area contributed by atoms with Crippen LogP contribution in [-0.2, 0) is 9.53 Å². The van der Waals surface area contributed by atoms with Gasteiger partial charge < -0.3 is 19.3 Å². The van der Waals surface area contributed by atoms with E-state index in [0.717, 1.165) is 0 Å². The molecule has 2 heterocycles. The van der Waals surface area contributed by atoms with Gasteiger partial charge in [-0.1, -0.05) is 0 Å². The molecule has 1 fully saturated rings. The van der Waals surface area contributed by atoms with Crippen LogP contribution in [0.2, 0.25) is 0 Å². The van der Waals surface area contributed by atoms with E-state index in [0.29, 0.717) is 50.8 Å². The molecule has 25 heavy (non-hydrogen) atoms. The molecule has 0 aliphatic carbocycles. The van der Waals surface area contributed by atoms with Crippen molar-refractivity contribution in [1.29, 1.82) is 0 Å². The van der Waals surface area contributed by atoms with Crippen LogP contribution in [-0.4, -0.2) is 71.6 Å². The first-order valence-electron chi connectivity index (χ1n) is 8.54. The Morgan fingerprint density at radius 3 is 2.24 bits per heavy atom. The number of hydrogen-bond donors (Lipinski definition) is 0. The highest BCUT2D eigenvalue weighted by molar-refractivity contribution is 5.94. The molecule has 0 atom stereocenters. The van der Waals surface area contributed by atoms with Crippen molar-refractivity contribution in [1.82, 2.24) is 14.8 Å². The minimum atomic E-state index is -0.195. The van der Waals surface area contributed by atoms with E-state index in [1.807, 2.05) is 20.8 Å². The number of carbonyl (C=O) groups is 2. The SMILES string of the molecule is CC(=O)N1CCN(C(=O)c2ccc(OCCOC(C)(C)C)nc2)CC1. The maximum atomic E-state index is 12.5. The van der Waals surface area contributed by atoms with Gasteiger partial charge in [0.15, 0.2) is 0 Å². The first-order chi connectivity index (χ1) is 11.8. The second-order valence-electron chi connectivity index (χ2n) is 6.99. The molecular formula is C18H27N3O4. The van der Waals surface area contributed by atoms with Crippen LogP contribution in [0, 0.1) is 0 Å². The van der Waals surface area contributed by atoms with Gasteiger partial charge in [-0.05, 0) is 26.8 Å². The molecule has 1 aliphatic rings. The first-order valence-corrected chi connectivity index (χ1v) is 8.54. The maximum Gasteiger partial charge on any atom is 0.255 e. The van der Waals surface area contributed by atoms with Crippen molar-refractivity contribution in [3.63, 3.8) is 0 Å². The van der Waals surface area contributed by atoms with E-state index in [-0.39, 0.29) is 17.4 Å². The largest absolute Gasteiger partial charge is 0.475 e. The van der Waals surface area contributed by atoms with Crippen LogP contribution in [0.1, 0.15) is 38.1 Å². The zero-order valence-electron chi connectivity index (χ0n) is 15.4. The fourth-order valence-electron chi connectivity index (χ4n) is 2.49. The number of piperazine rings is 1. The minimum Gasteiger partial charge on any atom is -0.475 e. The van der Waals surface area contributed by atoms with Crippen LogP contribution < -0.4 is 4.74 Å². The lowest BCUT2D eigenvalue weighted by molar-refractivity contribution is -0.130. The molecule has 0 radical (unpaired) electrons. The lowest BCUT2D eigenvalue weighted by atomic mass is 10.2. The van der Waals surface area contributed by atoms with Gasteiger partial charge in [0.05, 0.1) is 17.8 Å². The molecule has 0 aromatic carbocycles. The molecule has 0 N–H and O–H groups in total. The van der Waals surface area contributed by atoms with Gasteiger partial charge in [0.1, 0.15) is 6.61 Å². The Morgan fingerprint density at radius 1 is 1.08 bits per heavy atom. The monoisotopic (exact) mass is 349 g/mol. The third kappa shape index (κ3) is 6.01. The molecule has 1 saturated heterocycles. The molecule has 7 nitrogen and oxygen atoms in total. The van der Waals surface area contributed by atoms with Crippen LogP contribution in [0.15, 0.2) is 18.3 Å². The smallest absolute Gasteiger partial charge is 0.255 e. The Labute approximate surface area is 148 Å². The Kier molecular flexibility index (Phi) is 6.36. The second-order valence-corrected chi connectivity index (χ2v) is 6.99. The van der Waals surface area contributed by atoms with Gasteiger partial charge in [0.25, 0.3) is 5.91 Å². The van der Waals surface area contributed by atoms with Gasteiger partial charge in [-0.3, -0.25) is 9.59 Å². The lowest BCUT2D eigenvalue weighted by Crippen LogP contribution is -2.50. The molecule has 0 bridgehead atoms. The zero-order valence-corrected chi connectivity index (χ0v) is 15.4. The van der Waals surface area contributed by atoms with Gasteiger partial charge in [-0.2, -0.15) is 0 Å². The molecule has 0 unspecified atom stereocenters. The van der Waals surface area contributed by atoms with Gasteiger partial charge in [-0.25, -0.2) is 4.98 Å². The molecule has 2 rings (SSSR count). The van der Waals surface area contributed by atoms with Gasteiger partial charge in [0.2, 0.25) is 11.8 Å². The topological polar surface area (TPSA) is 72.0 Å². The van der Waals surface area contributed by atoms with E-state index >= 15 is 0 Å². The Bertz CT molecular complexity index is 587. The molecule has 0 saturated carbocycles. The molecule has 1 aliphatic heterocycles. The predicted octanol–water partition coefficient (Wildman–Crippen LogP) is 1.58. The van der Waals surface area contributed by atoms with Crippen LogP contribution in [0.25, 0.3) is 0 Å². The summed E-state index contributed by atoms with van der Waals surface area (Å²) in [7, 11) is 0. The summed E-state index contributed by atoms with van der Waals surface area (Å²) in [5, 5.41) is 0. The van der Waals surface area contributed by atoms with Gasteiger partial charge in [-0.15, -0.1) is 0 Å². The zero-order chi connectivity index (χ0) is 18.4. The highest BCUT2D eigenvalue weighted by atomic mass is 16.5. The molecule has 138 valence electrons. The first kappa shape index (κ1) is 19.2. The van der Waals surface area contributed by atoms with Gasteiger partial charge in [0, 0.05) is 45.4 Å². The molecular weight excluding hydrogens is 322 g/mol. The average molecular weight is 349 g/mol. The summed E-state index contributed by atoms with van der Waals surface area (Å²) in [6, 6.07) is 3.41. The quantitative estimate of drug-likeness (QED) is 0.755. The third-order valence-electron chi connectivity index (χ3n) is 3.86. The average Bonchev–Trinajstić information content (AvgIpc) is 2.58. The van der Waals surface area contributed by atoms with Crippen molar-refractivity contribution in [2.45, 2.75) is 33.3 Å². The Morgan fingerprint density at radius 2 is 1.72 bits per heavy atom. The summed E-state index contributed by atoms with van der Waals surface area (Å²) in [5.41, 5.74) is 0.328. The summed E-state index contributed by atoms with van der Waals surface area (Å²) < 4.78 is 11.1. The van der Waals surface area contributed by atoms with E-state index in [9.17, 15) is 9.59 Å². The highest BCUT2D eigenvalue weighted by Crippen LogP contribution is 2.12. The summed E-state index contributed by atoms with van der Waals surface area (Å²) in [4.78, 5) is 31.5. The molecule has 1 aromatic heterocycles. The van der Waals surface area contributed by atoms with E-state index in [4.69, 9.17) is 9.47 Å². The maximum absolute atomic E-state index is 12.5. The Hall–Kier alpha value is -2.15. The van der Waals surface area contributed by atoms with Crippen LogP contribution in [0.4, 0.5) is 0 Å². The van der Waals surface area contributed by atoms with Crippen LogP contribution in [0.5, 0.6) is 5.88 Å². The van der Waals surface area contributed by atoms with Crippen LogP contribution >= 0.6 is 0 Å². The number of aromatic nitrogens is 1. The summed E-state index contributed by atoms with van der Waals surface area (Å²) in [6.07, 6.45) is 1.53. The second kappa shape index (κ2) is 8.29. The third-order valence-corrected chi connectivity index (χ3v) is 3.86. The number of nitrogens with zero attached hydrogens (tertiary/aromatic N) is 3. The van der Waals surface area contributed by atoms with E-state index in [1.54, 1.807) is 28.9 Å². The van der Waals surface area contributed by atoms with Crippen molar-refractivity contribution < 1.29 is 19.1 Å².